The molecule has 5 heteroatoms. The van der Waals surface area contributed by atoms with E-state index in [-0.39, 0.29) is 31.1 Å². The lowest BCUT2D eigenvalue weighted by molar-refractivity contribution is -0.119. The van der Waals surface area contributed by atoms with E-state index in [9.17, 15) is 4.79 Å². The van der Waals surface area contributed by atoms with Crippen LogP contribution < -0.4 is 0 Å². The summed E-state index contributed by atoms with van der Waals surface area (Å²) < 4.78 is 16.6. The lowest BCUT2D eigenvalue weighted by Gasteiger charge is -2.44. The van der Waals surface area contributed by atoms with Crippen molar-refractivity contribution in [2.45, 2.75) is 116 Å². The van der Waals surface area contributed by atoms with Crippen LogP contribution in [0.15, 0.2) is 24.8 Å². The molecule has 0 unspecified atom stereocenters. The zero-order chi connectivity index (χ0) is 22.4. The predicted octanol–water partition coefficient (Wildman–Crippen LogP) is 6.63. The van der Waals surface area contributed by atoms with Gasteiger partial charge in [0, 0.05) is 13.2 Å². The second-order valence-corrected chi connectivity index (χ2v) is 9.31. The normalized spacial score (nSPS) is 22.4. The van der Waals surface area contributed by atoms with E-state index in [2.05, 4.69) is 18.7 Å². The molecular formula is C25H45NO4. The molecule has 174 valence electrons. The van der Waals surface area contributed by atoms with Crippen LogP contribution in [0.25, 0.3) is 0 Å². The Balaban J connectivity index is 2.54. The van der Waals surface area contributed by atoms with Gasteiger partial charge in [0.05, 0.1) is 12.1 Å². The van der Waals surface area contributed by atoms with Gasteiger partial charge in [0.1, 0.15) is 12.4 Å². The third kappa shape index (κ3) is 10.6. The summed E-state index contributed by atoms with van der Waals surface area (Å²) in [5.41, 5.74) is -0.511. The van der Waals surface area contributed by atoms with E-state index in [1.54, 1.807) is 7.11 Å². The van der Waals surface area contributed by atoms with Crippen molar-refractivity contribution in [2.24, 2.45) is 0 Å². The second kappa shape index (κ2) is 14.6. The summed E-state index contributed by atoms with van der Waals surface area (Å²) in [6.45, 7) is 11.8. The van der Waals surface area contributed by atoms with Gasteiger partial charge < -0.3 is 14.2 Å². The number of nitrogens with zero attached hydrogens (tertiary/aromatic N) is 1. The standard InChI is InChI=1S/C25H45NO4/c1-7-8-9-10-11-12-13-14-15-16-17-22-18-19-23(29-20-28-6)21(2)26(22)24(27)30-25(3,4)5/h7,15-16,21-23H,1,8-14,17-20H2,2-6H3/b16-15-/t21-,22+,23-/m1/s1. The van der Waals surface area contributed by atoms with Gasteiger partial charge in [-0.05, 0) is 72.6 Å². The minimum atomic E-state index is -0.511. The quantitative estimate of drug-likeness (QED) is 0.190. The molecule has 0 N–H and O–H groups in total. The van der Waals surface area contributed by atoms with Gasteiger partial charge in [-0.3, -0.25) is 4.90 Å². The highest BCUT2D eigenvalue weighted by molar-refractivity contribution is 5.69. The lowest BCUT2D eigenvalue weighted by Crippen LogP contribution is -2.56. The largest absolute Gasteiger partial charge is 0.444 e. The van der Waals surface area contributed by atoms with Crippen LogP contribution in [0.5, 0.6) is 0 Å². The van der Waals surface area contributed by atoms with Crippen LogP contribution in [-0.4, -0.2) is 48.7 Å². The van der Waals surface area contributed by atoms with Crippen LogP contribution in [0.2, 0.25) is 0 Å². The molecule has 5 nitrogen and oxygen atoms in total. The van der Waals surface area contributed by atoms with E-state index >= 15 is 0 Å². The Bertz CT molecular complexity index is 512. The summed E-state index contributed by atoms with van der Waals surface area (Å²) in [6.07, 6.45) is 17.5. The number of piperidine rings is 1. The van der Waals surface area contributed by atoms with E-state index in [0.717, 1.165) is 32.1 Å². The monoisotopic (exact) mass is 423 g/mol. The fraction of sp³-hybridized carbons (Fsp3) is 0.800. The Morgan fingerprint density at radius 1 is 1.07 bits per heavy atom. The van der Waals surface area contributed by atoms with E-state index in [0.29, 0.717) is 0 Å². The molecule has 0 saturated carbocycles. The average molecular weight is 424 g/mol. The minimum Gasteiger partial charge on any atom is -0.444 e. The Kier molecular flexibility index (Phi) is 13.0. The smallest absolute Gasteiger partial charge is 0.410 e. The minimum absolute atomic E-state index is 0.0289. The summed E-state index contributed by atoms with van der Waals surface area (Å²) in [7, 11) is 1.62. The molecule has 0 radical (unpaired) electrons. The first-order valence-corrected chi connectivity index (χ1v) is 11.7. The van der Waals surface area contributed by atoms with Crippen molar-refractivity contribution in [3.8, 4) is 0 Å². The first-order chi connectivity index (χ1) is 14.3. The zero-order valence-electron chi connectivity index (χ0n) is 20.0. The van der Waals surface area contributed by atoms with Gasteiger partial charge in [-0.2, -0.15) is 0 Å². The zero-order valence-corrected chi connectivity index (χ0v) is 20.0. The maximum Gasteiger partial charge on any atom is 0.410 e. The number of methoxy groups -OCH3 is 1. The molecule has 0 aromatic heterocycles. The van der Waals surface area contributed by atoms with E-state index in [1.807, 2.05) is 38.7 Å². The Morgan fingerprint density at radius 3 is 2.37 bits per heavy atom. The highest BCUT2D eigenvalue weighted by Gasteiger charge is 2.39. The summed E-state index contributed by atoms with van der Waals surface area (Å²) in [4.78, 5) is 14.8. The number of hydrogen-bond donors (Lipinski definition) is 0. The maximum absolute atomic E-state index is 12.9. The highest BCUT2D eigenvalue weighted by atomic mass is 16.7. The Labute approximate surface area is 184 Å². The molecule has 1 aliphatic rings. The summed E-state index contributed by atoms with van der Waals surface area (Å²) in [5, 5.41) is 0. The molecule has 1 aliphatic heterocycles. The first kappa shape index (κ1) is 26.7. The third-order valence-corrected chi connectivity index (χ3v) is 5.51. The molecule has 0 aliphatic carbocycles. The number of rotatable bonds is 13. The molecule has 1 amide bonds. The average Bonchev–Trinajstić information content (AvgIpc) is 2.67. The molecule has 1 rings (SSSR count). The second-order valence-electron chi connectivity index (χ2n) is 9.31. The van der Waals surface area contributed by atoms with Crippen LogP contribution in [0.3, 0.4) is 0 Å². The maximum atomic E-state index is 12.9. The molecule has 3 atom stereocenters. The molecular weight excluding hydrogens is 378 g/mol. The summed E-state index contributed by atoms with van der Waals surface area (Å²) >= 11 is 0. The van der Waals surface area contributed by atoms with Crippen molar-refractivity contribution < 1.29 is 19.0 Å². The molecule has 0 aromatic rings. The number of allylic oxidation sites excluding steroid dienone is 2. The van der Waals surface area contributed by atoms with Gasteiger partial charge in [-0.15, -0.1) is 6.58 Å². The van der Waals surface area contributed by atoms with Gasteiger partial charge in [-0.1, -0.05) is 37.5 Å². The Morgan fingerprint density at radius 2 is 1.73 bits per heavy atom. The fourth-order valence-corrected chi connectivity index (χ4v) is 3.94. The van der Waals surface area contributed by atoms with Crippen LogP contribution in [-0.2, 0) is 14.2 Å². The van der Waals surface area contributed by atoms with Crippen LogP contribution >= 0.6 is 0 Å². The molecule has 0 spiro atoms. The van der Waals surface area contributed by atoms with E-state index < -0.39 is 5.60 Å². The third-order valence-electron chi connectivity index (χ3n) is 5.51. The van der Waals surface area contributed by atoms with Gasteiger partial charge in [-0.25, -0.2) is 4.79 Å². The lowest BCUT2D eigenvalue weighted by atomic mass is 9.92. The first-order valence-electron chi connectivity index (χ1n) is 11.7. The van der Waals surface area contributed by atoms with Crippen molar-refractivity contribution in [1.82, 2.24) is 4.90 Å². The van der Waals surface area contributed by atoms with Gasteiger partial charge in [0.2, 0.25) is 0 Å². The number of carbonyl (C=O) groups excluding carboxylic acids is 1. The van der Waals surface area contributed by atoms with Crippen LogP contribution in [0, 0.1) is 0 Å². The summed E-state index contributed by atoms with van der Waals surface area (Å²) in [5.74, 6) is 0. The van der Waals surface area contributed by atoms with Crippen molar-refractivity contribution in [2.75, 3.05) is 13.9 Å². The molecule has 1 fully saturated rings. The van der Waals surface area contributed by atoms with Crippen molar-refractivity contribution >= 4 is 6.09 Å². The van der Waals surface area contributed by atoms with E-state index in [1.165, 1.54) is 32.1 Å². The van der Waals surface area contributed by atoms with E-state index in [4.69, 9.17) is 14.2 Å². The van der Waals surface area contributed by atoms with Crippen LogP contribution in [0.1, 0.15) is 91.9 Å². The SMILES string of the molecule is C=CCCCCCCC/C=C\C[C@H]1CC[C@@H](OCOC)[C@@H](C)N1C(=O)OC(C)(C)C. The summed E-state index contributed by atoms with van der Waals surface area (Å²) in [6, 6.07) is 0.102. The van der Waals surface area contributed by atoms with Gasteiger partial charge >= 0.3 is 6.09 Å². The molecule has 1 heterocycles. The van der Waals surface area contributed by atoms with Crippen molar-refractivity contribution in [1.29, 1.82) is 0 Å². The highest BCUT2D eigenvalue weighted by Crippen LogP contribution is 2.29. The number of ether oxygens (including phenoxy) is 3. The van der Waals surface area contributed by atoms with Crippen molar-refractivity contribution in [3.63, 3.8) is 0 Å². The number of unbranched alkanes of at least 4 members (excludes halogenated alkanes) is 6. The number of hydrogen-bond acceptors (Lipinski definition) is 4. The van der Waals surface area contributed by atoms with Crippen LogP contribution in [0.4, 0.5) is 4.79 Å². The fourth-order valence-electron chi connectivity index (χ4n) is 3.94. The topological polar surface area (TPSA) is 48.0 Å². The van der Waals surface area contributed by atoms with Gasteiger partial charge in [0.25, 0.3) is 0 Å². The molecule has 0 bridgehead atoms. The number of likely N-dealkylation sites (tertiary alicyclic amines) is 1. The number of carbonyl (C=O) groups is 1. The molecule has 0 aromatic carbocycles. The van der Waals surface area contributed by atoms with Gasteiger partial charge in [0.15, 0.2) is 0 Å². The Hall–Kier alpha value is -1.33. The molecule has 30 heavy (non-hydrogen) atoms. The van der Waals surface area contributed by atoms with Crippen molar-refractivity contribution in [3.05, 3.63) is 24.8 Å². The molecule has 1 saturated heterocycles. The predicted molar refractivity (Wildman–Crippen MR) is 124 cm³/mol. The number of amides is 1.